The zero-order chi connectivity index (χ0) is 23.3. The molecular formula is C18H17FN6O6S. The van der Waals surface area contributed by atoms with E-state index in [0.29, 0.717) is 5.56 Å². The van der Waals surface area contributed by atoms with Crippen LogP contribution in [0.15, 0.2) is 47.4 Å². The van der Waals surface area contributed by atoms with Crippen LogP contribution >= 0.6 is 0 Å². The molecule has 0 fully saturated rings. The fraction of sp³-hybridized carbons (Fsp3) is 0.167. The van der Waals surface area contributed by atoms with Crippen molar-refractivity contribution in [3.05, 3.63) is 53.8 Å². The van der Waals surface area contributed by atoms with E-state index in [4.69, 9.17) is 10.5 Å². The van der Waals surface area contributed by atoms with Gasteiger partial charge in [-0.2, -0.15) is 4.80 Å². The van der Waals surface area contributed by atoms with Gasteiger partial charge in [0.1, 0.15) is 16.5 Å². The molecule has 0 saturated heterocycles. The van der Waals surface area contributed by atoms with E-state index in [0.717, 1.165) is 5.56 Å². The zero-order valence-corrected chi connectivity index (χ0v) is 17.4. The molecule has 3 N–H and O–H groups in total. The van der Waals surface area contributed by atoms with Gasteiger partial charge in [-0.25, -0.2) is 22.3 Å². The van der Waals surface area contributed by atoms with Gasteiger partial charge in [-0.3, -0.25) is 4.79 Å². The molecule has 0 bridgehead atoms. The molecule has 14 heteroatoms. The lowest BCUT2D eigenvalue weighted by Crippen LogP contribution is -2.33. The Morgan fingerprint density at radius 3 is 2.56 bits per heavy atom. The fourth-order valence-electron chi connectivity index (χ4n) is 2.54. The maximum atomic E-state index is 13.0. The van der Waals surface area contributed by atoms with Crippen LogP contribution in [0, 0.1) is 5.82 Å². The first-order chi connectivity index (χ1) is 15.2. The van der Waals surface area contributed by atoms with Crippen molar-refractivity contribution in [1.29, 1.82) is 0 Å². The summed E-state index contributed by atoms with van der Waals surface area (Å²) in [5.74, 6) is -1.23. The molecule has 3 rings (SSSR count). The smallest absolute Gasteiger partial charge is 0.421 e. The molecule has 32 heavy (non-hydrogen) atoms. The molecule has 3 aromatic rings. The number of nitrogens with two attached hydrogens (primary N) is 1. The molecule has 1 aromatic heterocycles. The first-order valence-corrected chi connectivity index (χ1v) is 10.3. The van der Waals surface area contributed by atoms with Crippen molar-refractivity contribution >= 4 is 22.0 Å². The normalized spacial score (nSPS) is 11.1. The minimum Gasteiger partial charge on any atom is -0.495 e. The Labute approximate surface area is 181 Å². The predicted octanol–water partition coefficient (Wildman–Crippen LogP) is 0.436. The number of halogens is 1. The van der Waals surface area contributed by atoms with E-state index in [2.05, 4.69) is 20.1 Å². The number of tetrazole rings is 1. The summed E-state index contributed by atoms with van der Waals surface area (Å²) in [5, 5.41) is 12.1. The van der Waals surface area contributed by atoms with E-state index in [1.54, 1.807) is 16.9 Å². The van der Waals surface area contributed by atoms with Gasteiger partial charge in [0.05, 0.1) is 13.7 Å². The molecule has 12 nitrogen and oxygen atoms in total. The Balaban J connectivity index is 1.79. The van der Waals surface area contributed by atoms with Gasteiger partial charge < -0.3 is 15.2 Å². The fourth-order valence-corrected chi connectivity index (χ4v) is 3.58. The molecule has 0 atom stereocenters. The monoisotopic (exact) mass is 464 g/mol. The second-order valence-corrected chi connectivity index (χ2v) is 7.93. The van der Waals surface area contributed by atoms with Crippen LogP contribution in [0.2, 0.25) is 0 Å². The third-order valence-corrected chi connectivity index (χ3v) is 5.32. The van der Waals surface area contributed by atoms with E-state index in [1.165, 1.54) is 42.2 Å². The van der Waals surface area contributed by atoms with Crippen LogP contribution in [0.4, 0.5) is 9.18 Å². The number of ether oxygens (including phenoxy) is 2. The van der Waals surface area contributed by atoms with Crippen molar-refractivity contribution in [3.8, 4) is 17.1 Å². The average molecular weight is 464 g/mol. The molecule has 0 aliphatic carbocycles. The van der Waals surface area contributed by atoms with Crippen LogP contribution in [0.25, 0.3) is 11.4 Å². The Hall–Kier alpha value is -4.07. The summed E-state index contributed by atoms with van der Waals surface area (Å²) >= 11 is 0. The van der Waals surface area contributed by atoms with Crippen LogP contribution in [0.5, 0.6) is 5.75 Å². The summed E-state index contributed by atoms with van der Waals surface area (Å²) in [6.45, 7) is -0.537. The van der Waals surface area contributed by atoms with Crippen molar-refractivity contribution in [3.63, 3.8) is 0 Å². The molecule has 0 radical (unpaired) electrons. The number of hydrogen-bond donors (Lipinski definition) is 2. The maximum absolute atomic E-state index is 13.0. The molecule has 2 aromatic carbocycles. The second kappa shape index (κ2) is 9.38. The third-order valence-electron chi connectivity index (χ3n) is 3.96. The number of hydrogen-bond acceptors (Lipinski definition) is 9. The molecule has 0 spiro atoms. The number of rotatable bonds is 8. The lowest BCUT2D eigenvalue weighted by Gasteiger charge is -2.11. The van der Waals surface area contributed by atoms with Gasteiger partial charge >= 0.3 is 6.09 Å². The third kappa shape index (κ3) is 5.54. The Morgan fingerprint density at radius 1 is 1.19 bits per heavy atom. The molecule has 0 unspecified atom stereocenters. The SMILES string of the molecule is COc1cc(-c2nnn(Cc3ccc(F)cc3)n2)ccc1S(=O)(=O)NC(=O)OCC(N)=O. The van der Waals surface area contributed by atoms with Gasteiger partial charge in [-0.1, -0.05) is 12.1 Å². The highest BCUT2D eigenvalue weighted by Gasteiger charge is 2.24. The molecule has 0 aliphatic heterocycles. The Bertz CT molecular complexity index is 1250. The van der Waals surface area contributed by atoms with Crippen molar-refractivity contribution in [2.45, 2.75) is 11.4 Å². The number of primary amides is 1. The van der Waals surface area contributed by atoms with Crippen molar-refractivity contribution in [2.75, 3.05) is 13.7 Å². The number of benzene rings is 2. The van der Waals surface area contributed by atoms with Gasteiger partial charge in [0.2, 0.25) is 5.82 Å². The number of nitrogens with one attached hydrogen (secondary N) is 1. The average Bonchev–Trinajstić information content (AvgIpc) is 3.21. The van der Waals surface area contributed by atoms with E-state index in [9.17, 15) is 22.4 Å². The van der Waals surface area contributed by atoms with Gasteiger partial charge in [0, 0.05) is 5.56 Å². The number of carbonyl (C=O) groups is 2. The highest BCUT2D eigenvalue weighted by Crippen LogP contribution is 2.28. The highest BCUT2D eigenvalue weighted by atomic mass is 32.2. The van der Waals surface area contributed by atoms with Crippen molar-refractivity contribution in [1.82, 2.24) is 24.9 Å². The minimum atomic E-state index is -4.38. The number of aromatic nitrogens is 4. The van der Waals surface area contributed by atoms with Crippen LogP contribution in [0.3, 0.4) is 0 Å². The number of nitrogens with zero attached hydrogens (tertiary/aromatic N) is 4. The molecule has 0 saturated carbocycles. The van der Waals surface area contributed by atoms with Gasteiger partial charge in [0.15, 0.2) is 6.61 Å². The lowest BCUT2D eigenvalue weighted by molar-refractivity contribution is -0.120. The largest absolute Gasteiger partial charge is 0.495 e. The summed E-state index contributed by atoms with van der Waals surface area (Å²) < 4.78 is 49.1. The summed E-state index contributed by atoms with van der Waals surface area (Å²) in [4.78, 5) is 23.2. The lowest BCUT2D eigenvalue weighted by atomic mass is 10.2. The van der Waals surface area contributed by atoms with Gasteiger partial charge in [-0.15, -0.1) is 10.2 Å². The van der Waals surface area contributed by atoms with Crippen LogP contribution in [0.1, 0.15) is 5.56 Å². The standard InChI is InChI=1S/C18H17FN6O6S/c1-30-14-8-12(4-7-15(14)32(28,29)23-18(27)31-10-16(20)26)17-21-24-25(22-17)9-11-2-5-13(19)6-3-11/h2-8H,9-10H2,1H3,(H2,20,26)(H,23,27). The Kier molecular flexibility index (Phi) is 6.63. The molecule has 2 amide bonds. The van der Waals surface area contributed by atoms with Crippen molar-refractivity contribution < 1.29 is 31.9 Å². The van der Waals surface area contributed by atoms with Crippen LogP contribution in [-0.4, -0.2) is 54.3 Å². The number of sulfonamides is 1. The summed E-state index contributed by atoms with van der Waals surface area (Å²) in [6, 6.07) is 9.72. The summed E-state index contributed by atoms with van der Waals surface area (Å²) in [6.07, 6.45) is -1.37. The molecular weight excluding hydrogens is 447 g/mol. The van der Waals surface area contributed by atoms with E-state index in [1.807, 2.05) is 0 Å². The first-order valence-electron chi connectivity index (χ1n) is 8.86. The number of amides is 2. The quantitative estimate of drug-likeness (QED) is 0.480. The van der Waals surface area contributed by atoms with E-state index >= 15 is 0 Å². The molecule has 0 aliphatic rings. The second-order valence-electron chi connectivity index (χ2n) is 6.28. The van der Waals surface area contributed by atoms with Gasteiger partial charge in [0.25, 0.3) is 15.9 Å². The van der Waals surface area contributed by atoms with Crippen LogP contribution < -0.4 is 15.2 Å². The van der Waals surface area contributed by atoms with Crippen molar-refractivity contribution in [2.24, 2.45) is 5.73 Å². The molecule has 168 valence electrons. The minimum absolute atomic E-state index is 0.104. The highest BCUT2D eigenvalue weighted by molar-refractivity contribution is 7.90. The molecule has 1 heterocycles. The van der Waals surface area contributed by atoms with Gasteiger partial charge in [-0.05, 0) is 41.1 Å². The summed E-state index contributed by atoms with van der Waals surface area (Å²) in [5.41, 5.74) is 5.98. The summed E-state index contributed by atoms with van der Waals surface area (Å²) in [7, 11) is -3.14. The maximum Gasteiger partial charge on any atom is 0.421 e. The zero-order valence-electron chi connectivity index (χ0n) is 16.6. The number of methoxy groups -OCH3 is 1. The topological polar surface area (TPSA) is 168 Å². The number of carbonyl (C=O) groups excluding carboxylic acids is 2. The Morgan fingerprint density at radius 2 is 1.91 bits per heavy atom. The van der Waals surface area contributed by atoms with Crippen LogP contribution in [-0.2, 0) is 26.1 Å². The first kappa shape index (κ1) is 22.6. The van der Waals surface area contributed by atoms with E-state index in [-0.39, 0.29) is 28.8 Å². The van der Waals surface area contributed by atoms with E-state index < -0.39 is 28.6 Å². The predicted molar refractivity (Wildman–Crippen MR) is 106 cm³/mol.